The predicted octanol–water partition coefficient (Wildman–Crippen LogP) is 2.55. The van der Waals surface area contributed by atoms with Crippen molar-refractivity contribution in [1.29, 1.82) is 10.7 Å². The topological polar surface area (TPSA) is 60.8 Å². The quantitative estimate of drug-likeness (QED) is 0.779. The van der Waals surface area contributed by atoms with Gasteiger partial charge in [-0.25, -0.2) is 0 Å². The lowest BCUT2D eigenvalue weighted by Crippen LogP contribution is -2.03. The van der Waals surface area contributed by atoms with E-state index in [9.17, 15) is 0 Å². The van der Waals surface area contributed by atoms with E-state index in [1.807, 2.05) is 18.2 Å². The molecule has 1 aromatic heterocycles. The van der Waals surface area contributed by atoms with E-state index in [2.05, 4.69) is 15.9 Å². The number of hydrogen-bond donors (Lipinski definition) is 1. The van der Waals surface area contributed by atoms with Crippen LogP contribution in [0.15, 0.2) is 33.2 Å². The van der Waals surface area contributed by atoms with E-state index < -0.39 is 0 Å². The van der Waals surface area contributed by atoms with Gasteiger partial charge in [-0.1, -0.05) is 22.0 Å². The molecule has 3 nitrogen and oxygen atoms in total. The van der Waals surface area contributed by atoms with Gasteiger partial charge in [0, 0.05) is 9.86 Å². The van der Waals surface area contributed by atoms with Crippen molar-refractivity contribution >= 4 is 26.9 Å². The second-order valence-electron chi connectivity index (χ2n) is 2.78. The number of nitriles is 1. The van der Waals surface area contributed by atoms with Gasteiger partial charge in [-0.15, -0.1) is 0 Å². The van der Waals surface area contributed by atoms with Crippen LogP contribution in [0.3, 0.4) is 0 Å². The molecule has 0 radical (unpaired) electrons. The lowest BCUT2D eigenvalue weighted by molar-refractivity contribution is 0.530. The Hall–Kier alpha value is -1.60. The zero-order chi connectivity index (χ0) is 10.1. The number of nitrogens with zero attached hydrogens (tertiary/aromatic N) is 1. The van der Waals surface area contributed by atoms with Gasteiger partial charge in [0.1, 0.15) is 17.2 Å². The SMILES string of the molecule is N#Cc1cc2ccc(Br)cc2oc1=N. The second-order valence-corrected chi connectivity index (χ2v) is 3.70. The number of rotatable bonds is 0. The number of nitrogens with one attached hydrogen (secondary N) is 1. The molecule has 0 bridgehead atoms. The van der Waals surface area contributed by atoms with Crippen molar-refractivity contribution in [2.24, 2.45) is 0 Å². The maximum atomic E-state index is 8.69. The van der Waals surface area contributed by atoms with Crippen LogP contribution in [0, 0.1) is 16.7 Å². The Morgan fingerprint density at radius 3 is 2.86 bits per heavy atom. The van der Waals surface area contributed by atoms with Gasteiger partial charge in [0.05, 0.1) is 0 Å². The Bertz CT molecular complexity index is 595. The molecule has 0 fully saturated rings. The highest BCUT2D eigenvalue weighted by Crippen LogP contribution is 2.18. The summed E-state index contributed by atoms with van der Waals surface area (Å²) in [4.78, 5) is 0. The summed E-state index contributed by atoms with van der Waals surface area (Å²) < 4.78 is 6.07. The predicted molar refractivity (Wildman–Crippen MR) is 54.5 cm³/mol. The maximum Gasteiger partial charge on any atom is 0.229 e. The summed E-state index contributed by atoms with van der Waals surface area (Å²) in [7, 11) is 0. The van der Waals surface area contributed by atoms with Crippen molar-refractivity contribution in [2.45, 2.75) is 0 Å². The van der Waals surface area contributed by atoms with Gasteiger partial charge in [-0.05, 0) is 18.2 Å². The summed E-state index contributed by atoms with van der Waals surface area (Å²) in [5.41, 5.74) is 0.751. The van der Waals surface area contributed by atoms with Crippen LogP contribution in [-0.4, -0.2) is 0 Å². The standard InChI is InChI=1S/C10H5BrN2O/c11-8-2-1-6-3-7(5-12)10(13)14-9(6)4-8/h1-4,13H. The molecule has 0 unspecified atom stereocenters. The fourth-order valence-corrected chi connectivity index (χ4v) is 1.52. The summed E-state index contributed by atoms with van der Waals surface area (Å²) in [6, 6.07) is 9.03. The van der Waals surface area contributed by atoms with E-state index in [1.165, 1.54) is 0 Å². The molecule has 1 heterocycles. The minimum Gasteiger partial charge on any atom is -0.438 e. The monoisotopic (exact) mass is 248 g/mol. The van der Waals surface area contributed by atoms with Gasteiger partial charge in [0.25, 0.3) is 0 Å². The largest absolute Gasteiger partial charge is 0.438 e. The van der Waals surface area contributed by atoms with Gasteiger partial charge >= 0.3 is 0 Å². The Labute approximate surface area is 88.2 Å². The summed E-state index contributed by atoms with van der Waals surface area (Å²) in [5, 5.41) is 16.9. The zero-order valence-corrected chi connectivity index (χ0v) is 8.63. The molecular formula is C10H5BrN2O. The summed E-state index contributed by atoms with van der Waals surface area (Å²) >= 11 is 3.31. The smallest absolute Gasteiger partial charge is 0.229 e. The van der Waals surface area contributed by atoms with E-state index in [0.717, 1.165) is 9.86 Å². The van der Waals surface area contributed by atoms with Gasteiger partial charge in [0.15, 0.2) is 0 Å². The van der Waals surface area contributed by atoms with E-state index >= 15 is 0 Å². The maximum absolute atomic E-state index is 8.69. The van der Waals surface area contributed by atoms with Gasteiger partial charge < -0.3 is 4.42 Å². The third-order valence-electron chi connectivity index (χ3n) is 1.85. The molecule has 4 heteroatoms. The summed E-state index contributed by atoms with van der Waals surface area (Å²) in [6.45, 7) is 0. The molecule has 0 spiro atoms. The van der Waals surface area contributed by atoms with Crippen LogP contribution in [0.4, 0.5) is 0 Å². The molecule has 1 aromatic carbocycles. The van der Waals surface area contributed by atoms with Crippen molar-refractivity contribution in [3.8, 4) is 6.07 Å². The van der Waals surface area contributed by atoms with Crippen molar-refractivity contribution in [3.05, 3.63) is 39.9 Å². The van der Waals surface area contributed by atoms with Crippen LogP contribution in [0.25, 0.3) is 11.0 Å². The van der Waals surface area contributed by atoms with E-state index in [0.29, 0.717) is 5.58 Å². The van der Waals surface area contributed by atoms with Gasteiger partial charge in [0.2, 0.25) is 5.55 Å². The third-order valence-corrected chi connectivity index (χ3v) is 2.35. The van der Waals surface area contributed by atoms with E-state index in [4.69, 9.17) is 15.1 Å². The summed E-state index contributed by atoms with van der Waals surface area (Å²) in [5.74, 6) is 0. The first-order valence-corrected chi connectivity index (χ1v) is 4.68. The lowest BCUT2D eigenvalue weighted by atomic mass is 10.2. The highest BCUT2D eigenvalue weighted by Gasteiger charge is 2.01. The number of benzene rings is 1. The average Bonchev–Trinajstić information content (AvgIpc) is 2.16. The zero-order valence-electron chi connectivity index (χ0n) is 7.04. The van der Waals surface area contributed by atoms with Crippen molar-refractivity contribution in [2.75, 3.05) is 0 Å². The van der Waals surface area contributed by atoms with Crippen molar-refractivity contribution < 1.29 is 4.42 Å². The summed E-state index contributed by atoms with van der Waals surface area (Å²) in [6.07, 6.45) is 0. The van der Waals surface area contributed by atoms with Crippen LogP contribution in [0.5, 0.6) is 0 Å². The number of halogens is 1. The van der Waals surface area contributed by atoms with Gasteiger partial charge in [-0.2, -0.15) is 5.26 Å². The highest BCUT2D eigenvalue weighted by molar-refractivity contribution is 9.10. The number of fused-ring (bicyclic) bond motifs is 1. The second kappa shape index (κ2) is 3.28. The normalized spacial score (nSPS) is 10.0. The minimum absolute atomic E-state index is 0.0990. The fourth-order valence-electron chi connectivity index (χ4n) is 1.18. The Morgan fingerprint density at radius 1 is 1.36 bits per heavy atom. The molecule has 68 valence electrons. The molecule has 1 N–H and O–H groups in total. The lowest BCUT2D eigenvalue weighted by Gasteiger charge is -1.97. The van der Waals surface area contributed by atoms with E-state index in [1.54, 1.807) is 12.1 Å². The van der Waals surface area contributed by atoms with E-state index in [-0.39, 0.29) is 11.1 Å². The molecular weight excluding hydrogens is 244 g/mol. The van der Waals surface area contributed by atoms with Crippen molar-refractivity contribution in [1.82, 2.24) is 0 Å². The third kappa shape index (κ3) is 1.42. The average molecular weight is 249 g/mol. The van der Waals surface area contributed by atoms with Gasteiger partial charge in [-0.3, -0.25) is 5.41 Å². The first-order chi connectivity index (χ1) is 6.70. The molecule has 2 rings (SSSR count). The first kappa shape index (κ1) is 8.97. The minimum atomic E-state index is -0.0990. The Balaban J connectivity index is 2.88. The van der Waals surface area contributed by atoms with Crippen LogP contribution in [0.1, 0.15) is 5.56 Å². The molecule has 0 atom stereocenters. The fraction of sp³-hybridized carbons (Fsp3) is 0. The van der Waals surface area contributed by atoms with Crippen LogP contribution in [0.2, 0.25) is 0 Å². The molecule has 0 amide bonds. The Morgan fingerprint density at radius 2 is 2.14 bits per heavy atom. The molecule has 0 saturated carbocycles. The molecule has 0 aliphatic heterocycles. The van der Waals surface area contributed by atoms with Crippen LogP contribution in [-0.2, 0) is 0 Å². The van der Waals surface area contributed by atoms with Crippen LogP contribution < -0.4 is 5.55 Å². The Kier molecular flexibility index (Phi) is 2.10. The van der Waals surface area contributed by atoms with Crippen LogP contribution >= 0.6 is 15.9 Å². The first-order valence-electron chi connectivity index (χ1n) is 3.89. The highest BCUT2D eigenvalue weighted by atomic mass is 79.9. The molecule has 0 saturated heterocycles. The molecule has 0 aliphatic carbocycles. The molecule has 14 heavy (non-hydrogen) atoms. The molecule has 0 aliphatic rings. The molecule has 2 aromatic rings. The number of hydrogen-bond acceptors (Lipinski definition) is 3. The van der Waals surface area contributed by atoms with Crippen molar-refractivity contribution in [3.63, 3.8) is 0 Å².